The second-order valence-corrected chi connectivity index (χ2v) is 7.09. The third kappa shape index (κ3) is 3.24. The van der Waals surface area contributed by atoms with E-state index in [9.17, 15) is 9.59 Å². The van der Waals surface area contributed by atoms with E-state index >= 15 is 0 Å². The average molecular weight is 377 g/mol. The molecule has 0 saturated carbocycles. The molecule has 0 aliphatic carbocycles. The van der Waals surface area contributed by atoms with Crippen molar-refractivity contribution in [2.45, 2.75) is 19.8 Å². The molecule has 1 fully saturated rings. The van der Waals surface area contributed by atoms with Crippen molar-refractivity contribution in [3.8, 4) is 0 Å². The van der Waals surface area contributed by atoms with Crippen molar-refractivity contribution >= 4 is 40.5 Å². The number of anilines is 2. The molecule has 2 heterocycles. The fourth-order valence-electron chi connectivity index (χ4n) is 3.50. The van der Waals surface area contributed by atoms with Gasteiger partial charge in [-0.3, -0.25) is 19.8 Å². The maximum atomic E-state index is 13.1. The summed E-state index contributed by atoms with van der Waals surface area (Å²) in [4.78, 5) is 29.0. The number of hydrogen-bond donors (Lipinski definition) is 1. The Kier molecular flexibility index (Phi) is 4.49. The highest BCUT2D eigenvalue weighted by molar-refractivity contribution is 7.80. The van der Waals surface area contributed by atoms with Gasteiger partial charge in [-0.25, -0.2) is 0 Å². The van der Waals surface area contributed by atoms with Gasteiger partial charge in [0.25, 0.3) is 11.8 Å². The number of hydrogen-bond acceptors (Lipinski definition) is 4. The third-order valence-corrected chi connectivity index (χ3v) is 5.08. The Morgan fingerprint density at radius 3 is 2.74 bits per heavy atom. The number of aryl methyl sites for hydroxylation is 2. The van der Waals surface area contributed by atoms with E-state index in [-0.39, 0.29) is 10.7 Å². The van der Waals surface area contributed by atoms with Gasteiger partial charge in [0.2, 0.25) is 0 Å². The number of para-hydroxylation sites is 1. The number of amides is 2. The molecule has 0 aromatic heterocycles. The molecular formula is C21H19N3O2S. The van der Waals surface area contributed by atoms with Crippen LogP contribution in [-0.4, -0.2) is 23.5 Å². The van der Waals surface area contributed by atoms with Crippen molar-refractivity contribution in [1.29, 1.82) is 0 Å². The monoisotopic (exact) mass is 377 g/mol. The van der Waals surface area contributed by atoms with Gasteiger partial charge in [-0.1, -0.05) is 30.3 Å². The Morgan fingerprint density at radius 2 is 1.93 bits per heavy atom. The van der Waals surface area contributed by atoms with Gasteiger partial charge >= 0.3 is 0 Å². The predicted octanol–water partition coefficient (Wildman–Crippen LogP) is 3.08. The molecule has 136 valence electrons. The van der Waals surface area contributed by atoms with Gasteiger partial charge in [0, 0.05) is 18.4 Å². The minimum absolute atomic E-state index is 0.0850. The number of nitrogens with zero attached hydrogens (tertiary/aromatic N) is 2. The summed E-state index contributed by atoms with van der Waals surface area (Å²) in [5.74, 6) is -0.866. The topological polar surface area (TPSA) is 52.7 Å². The highest BCUT2D eigenvalue weighted by Gasteiger charge is 2.35. The summed E-state index contributed by atoms with van der Waals surface area (Å²) in [7, 11) is 0. The first-order valence-corrected chi connectivity index (χ1v) is 9.28. The van der Waals surface area contributed by atoms with Crippen LogP contribution in [0.1, 0.15) is 17.5 Å². The molecular weight excluding hydrogens is 358 g/mol. The molecule has 0 radical (unpaired) electrons. The lowest BCUT2D eigenvalue weighted by molar-refractivity contribution is -0.122. The maximum Gasteiger partial charge on any atom is 0.271 e. The fourth-order valence-corrected chi connectivity index (χ4v) is 3.78. The van der Waals surface area contributed by atoms with Crippen molar-refractivity contribution in [2.24, 2.45) is 0 Å². The predicted molar refractivity (Wildman–Crippen MR) is 110 cm³/mol. The minimum Gasteiger partial charge on any atom is -0.347 e. The van der Waals surface area contributed by atoms with Crippen molar-refractivity contribution in [2.75, 3.05) is 16.3 Å². The molecule has 2 aliphatic rings. The Bertz CT molecular complexity index is 983. The normalized spacial score (nSPS) is 18.6. The Hall–Kier alpha value is -2.99. The first kappa shape index (κ1) is 17.4. The Balaban J connectivity index is 1.72. The third-order valence-electron chi connectivity index (χ3n) is 4.79. The van der Waals surface area contributed by atoms with Gasteiger partial charge in [-0.15, -0.1) is 0 Å². The van der Waals surface area contributed by atoms with E-state index in [1.54, 1.807) is 6.20 Å². The van der Waals surface area contributed by atoms with E-state index in [1.165, 1.54) is 10.5 Å². The van der Waals surface area contributed by atoms with Crippen molar-refractivity contribution in [1.82, 2.24) is 5.32 Å². The van der Waals surface area contributed by atoms with Gasteiger partial charge in [0.05, 0.1) is 5.69 Å². The Morgan fingerprint density at radius 1 is 1.11 bits per heavy atom. The lowest BCUT2D eigenvalue weighted by atomic mass is 10.0. The molecule has 4 rings (SSSR count). The second-order valence-electron chi connectivity index (χ2n) is 6.71. The number of rotatable bonds is 2. The van der Waals surface area contributed by atoms with Crippen LogP contribution < -0.4 is 15.1 Å². The summed E-state index contributed by atoms with van der Waals surface area (Å²) < 4.78 is 0. The molecule has 2 aromatic rings. The van der Waals surface area contributed by atoms with Crippen molar-refractivity contribution < 1.29 is 9.59 Å². The van der Waals surface area contributed by atoms with Crippen LogP contribution in [0.15, 0.2) is 60.3 Å². The lowest BCUT2D eigenvalue weighted by Crippen LogP contribution is -2.54. The van der Waals surface area contributed by atoms with E-state index in [0.29, 0.717) is 5.69 Å². The summed E-state index contributed by atoms with van der Waals surface area (Å²) in [6, 6.07) is 15.6. The van der Waals surface area contributed by atoms with Gasteiger partial charge in [0.1, 0.15) is 5.57 Å². The number of carbonyl (C=O) groups is 2. The molecule has 0 atom stereocenters. The van der Waals surface area contributed by atoms with Crippen LogP contribution in [0, 0.1) is 6.92 Å². The quantitative estimate of drug-likeness (QED) is 0.496. The number of thiocarbonyl (C=S) groups is 1. The largest absolute Gasteiger partial charge is 0.347 e. The SMILES string of the molecule is Cc1cccc(N2C(=O)C(=CN3CCCc4ccccc43)C(=O)NC2=S)c1. The van der Waals surface area contributed by atoms with Gasteiger partial charge < -0.3 is 4.90 Å². The number of carbonyl (C=O) groups excluding carboxylic acids is 2. The Labute approximate surface area is 163 Å². The van der Waals surface area contributed by atoms with E-state index in [0.717, 1.165) is 30.6 Å². The molecule has 5 nitrogen and oxygen atoms in total. The zero-order chi connectivity index (χ0) is 19.0. The molecule has 1 N–H and O–H groups in total. The number of fused-ring (bicyclic) bond motifs is 1. The lowest BCUT2D eigenvalue weighted by Gasteiger charge is -2.32. The van der Waals surface area contributed by atoms with E-state index in [1.807, 2.05) is 54.3 Å². The molecule has 1 saturated heterocycles. The van der Waals surface area contributed by atoms with Gasteiger partial charge in [-0.05, 0) is 61.3 Å². The molecule has 2 aliphatic heterocycles. The van der Waals surface area contributed by atoms with Crippen LogP contribution in [0.4, 0.5) is 11.4 Å². The highest BCUT2D eigenvalue weighted by atomic mass is 32.1. The molecule has 0 bridgehead atoms. The minimum atomic E-state index is -0.461. The summed E-state index contributed by atoms with van der Waals surface area (Å²) in [5, 5.41) is 2.75. The fraction of sp³-hybridized carbons (Fsp3) is 0.190. The van der Waals surface area contributed by atoms with Gasteiger partial charge in [0.15, 0.2) is 5.11 Å². The van der Waals surface area contributed by atoms with Crippen LogP contribution in [0.5, 0.6) is 0 Å². The number of nitrogens with one attached hydrogen (secondary N) is 1. The van der Waals surface area contributed by atoms with Crippen LogP contribution in [0.25, 0.3) is 0 Å². The number of benzene rings is 2. The zero-order valence-electron chi connectivity index (χ0n) is 14.9. The molecule has 27 heavy (non-hydrogen) atoms. The molecule has 0 spiro atoms. The molecule has 2 amide bonds. The van der Waals surface area contributed by atoms with Crippen LogP contribution in [0.2, 0.25) is 0 Å². The zero-order valence-corrected chi connectivity index (χ0v) is 15.8. The molecule has 2 aromatic carbocycles. The van der Waals surface area contributed by atoms with Crippen LogP contribution >= 0.6 is 12.2 Å². The standard InChI is InChI=1S/C21H19N3O2S/c1-14-6-4-9-16(12-14)24-20(26)17(19(25)22-21(24)27)13-23-11-5-8-15-7-2-3-10-18(15)23/h2-4,6-7,9-10,12-13H,5,8,11H2,1H3,(H,22,25,27). The summed E-state index contributed by atoms with van der Waals surface area (Å²) in [6.45, 7) is 2.71. The van der Waals surface area contributed by atoms with E-state index < -0.39 is 11.8 Å². The molecule has 6 heteroatoms. The van der Waals surface area contributed by atoms with Crippen molar-refractivity contribution in [3.05, 3.63) is 71.4 Å². The van der Waals surface area contributed by atoms with E-state index in [2.05, 4.69) is 11.4 Å². The molecule has 0 unspecified atom stereocenters. The summed E-state index contributed by atoms with van der Waals surface area (Å²) >= 11 is 5.26. The smallest absolute Gasteiger partial charge is 0.271 e. The second kappa shape index (κ2) is 6.96. The van der Waals surface area contributed by atoms with Gasteiger partial charge in [-0.2, -0.15) is 0 Å². The van der Waals surface area contributed by atoms with Crippen molar-refractivity contribution in [3.63, 3.8) is 0 Å². The maximum absolute atomic E-state index is 13.1. The van der Waals surface area contributed by atoms with Crippen LogP contribution in [-0.2, 0) is 16.0 Å². The average Bonchev–Trinajstić information content (AvgIpc) is 2.65. The summed E-state index contributed by atoms with van der Waals surface area (Å²) in [6.07, 6.45) is 3.62. The summed E-state index contributed by atoms with van der Waals surface area (Å²) in [5.41, 5.74) is 4.00. The first-order chi connectivity index (χ1) is 13.0. The van der Waals surface area contributed by atoms with E-state index in [4.69, 9.17) is 12.2 Å². The first-order valence-electron chi connectivity index (χ1n) is 8.87. The van der Waals surface area contributed by atoms with Crippen LogP contribution in [0.3, 0.4) is 0 Å². The highest BCUT2D eigenvalue weighted by Crippen LogP contribution is 2.28.